The SMILES string of the molecule is COc1cccc(Cl)c1C(O)Cc1csc(C)n1. The molecule has 1 N–H and O–H groups in total. The van der Waals surface area contributed by atoms with E-state index in [4.69, 9.17) is 16.3 Å². The van der Waals surface area contributed by atoms with Crippen molar-refractivity contribution in [1.82, 2.24) is 4.98 Å². The lowest BCUT2D eigenvalue weighted by Crippen LogP contribution is -2.05. The minimum Gasteiger partial charge on any atom is -0.496 e. The Morgan fingerprint density at radius 2 is 2.28 bits per heavy atom. The third-order valence-corrected chi connectivity index (χ3v) is 3.79. The molecule has 96 valence electrons. The Balaban J connectivity index is 2.25. The average Bonchev–Trinajstić information content (AvgIpc) is 2.74. The number of ether oxygens (including phenoxy) is 1. The van der Waals surface area contributed by atoms with Crippen molar-refractivity contribution in [2.45, 2.75) is 19.4 Å². The van der Waals surface area contributed by atoms with Gasteiger partial charge in [-0.1, -0.05) is 17.7 Å². The van der Waals surface area contributed by atoms with Crippen LogP contribution in [0.5, 0.6) is 5.75 Å². The fourth-order valence-corrected chi connectivity index (χ4v) is 2.74. The van der Waals surface area contributed by atoms with Crippen LogP contribution in [0.4, 0.5) is 0 Å². The van der Waals surface area contributed by atoms with Gasteiger partial charge in [-0.05, 0) is 19.1 Å². The second kappa shape index (κ2) is 5.69. The van der Waals surface area contributed by atoms with Crippen LogP contribution in [-0.2, 0) is 6.42 Å². The average molecular weight is 284 g/mol. The fourth-order valence-electron chi connectivity index (χ4n) is 1.82. The van der Waals surface area contributed by atoms with Gasteiger partial charge in [-0.15, -0.1) is 11.3 Å². The van der Waals surface area contributed by atoms with Crippen LogP contribution in [0.2, 0.25) is 5.02 Å². The van der Waals surface area contributed by atoms with Gasteiger partial charge in [0.25, 0.3) is 0 Å². The van der Waals surface area contributed by atoms with E-state index in [0.29, 0.717) is 22.8 Å². The van der Waals surface area contributed by atoms with E-state index >= 15 is 0 Å². The van der Waals surface area contributed by atoms with Gasteiger partial charge < -0.3 is 9.84 Å². The minimum atomic E-state index is -0.713. The van der Waals surface area contributed by atoms with Gasteiger partial charge in [-0.2, -0.15) is 0 Å². The van der Waals surface area contributed by atoms with Gasteiger partial charge in [-0.3, -0.25) is 0 Å². The number of aryl methyl sites for hydroxylation is 1. The molecule has 0 saturated carbocycles. The highest BCUT2D eigenvalue weighted by Gasteiger charge is 2.18. The topological polar surface area (TPSA) is 42.4 Å². The molecule has 3 nitrogen and oxygen atoms in total. The molecule has 1 aromatic carbocycles. The third-order valence-electron chi connectivity index (χ3n) is 2.64. The summed E-state index contributed by atoms with van der Waals surface area (Å²) in [5.74, 6) is 0.599. The summed E-state index contributed by atoms with van der Waals surface area (Å²) in [6, 6.07) is 5.33. The number of aromatic nitrogens is 1. The van der Waals surface area contributed by atoms with Crippen molar-refractivity contribution in [2.24, 2.45) is 0 Å². The van der Waals surface area contributed by atoms with E-state index in [9.17, 15) is 5.11 Å². The normalized spacial score (nSPS) is 12.4. The molecule has 0 spiro atoms. The van der Waals surface area contributed by atoms with Gasteiger partial charge in [-0.25, -0.2) is 4.98 Å². The van der Waals surface area contributed by atoms with E-state index < -0.39 is 6.10 Å². The molecule has 1 unspecified atom stereocenters. The first-order valence-corrected chi connectivity index (χ1v) is 6.79. The number of hydrogen-bond donors (Lipinski definition) is 1. The molecule has 2 rings (SSSR count). The van der Waals surface area contributed by atoms with Crippen molar-refractivity contribution in [3.8, 4) is 5.75 Å². The van der Waals surface area contributed by atoms with E-state index in [2.05, 4.69) is 4.98 Å². The standard InChI is InChI=1S/C13H14ClNO2S/c1-8-15-9(7-18-8)6-11(16)13-10(14)4-3-5-12(13)17-2/h3-5,7,11,16H,6H2,1-2H3. The van der Waals surface area contributed by atoms with E-state index in [1.165, 1.54) is 0 Å². The number of nitrogens with zero attached hydrogens (tertiary/aromatic N) is 1. The largest absolute Gasteiger partial charge is 0.496 e. The Morgan fingerprint density at radius 1 is 1.50 bits per heavy atom. The lowest BCUT2D eigenvalue weighted by molar-refractivity contribution is 0.173. The highest BCUT2D eigenvalue weighted by Crippen LogP contribution is 2.33. The van der Waals surface area contributed by atoms with E-state index in [1.807, 2.05) is 12.3 Å². The van der Waals surface area contributed by atoms with Crippen LogP contribution < -0.4 is 4.74 Å². The van der Waals surface area contributed by atoms with Crippen LogP contribution in [-0.4, -0.2) is 17.2 Å². The van der Waals surface area contributed by atoms with E-state index in [0.717, 1.165) is 10.7 Å². The molecule has 1 aromatic heterocycles. The monoisotopic (exact) mass is 283 g/mol. The second-order valence-electron chi connectivity index (χ2n) is 3.93. The third kappa shape index (κ3) is 2.83. The number of aliphatic hydroxyl groups is 1. The highest BCUT2D eigenvalue weighted by molar-refractivity contribution is 7.09. The molecule has 1 heterocycles. The zero-order valence-electron chi connectivity index (χ0n) is 10.2. The Labute approximate surface area is 115 Å². The summed E-state index contributed by atoms with van der Waals surface area (Å²) < 4.78 is 5.23. The number of hydrogen-bond acceptors (Lipinski definition) is 4. The fraction of sp³-hybridized carbons (Fsp3) is 0.308. The number of rotatable bonds is 4. The zero-order valence-corrected chi connectivity index (χ0v) is 11.8. The van der Waals surface area contributed by atoms with Crippen LogP contribution >= 0.6 is 22.9 Å². The molecule has 5 heteroatoms. The van der Waals surface area contributed by atoms with Gasteiger partial charge in [0.05, 0.1) is 28.9 Å². The summed E-state index contributed by atoms with van der Waals surface area (Å²) in [6.45, 7) is 1.94. The van der Waals surface area contributed by atoms with Crippen LogP contribution in [0.3, 0.4) is 0 Å². The molecule has 0 fully saturated rings. The van der Waals surface area contributed by atoms with Crippen molar-refractivity contribution in [3.63, 3.8) is 0 Å². The second-order valence-corrected chi connectivity index (χ2v) is 5.40. The first-order chi connectivity index (χ1) is 8.61. The Hall–Kier alpha value is -1.10. The molecule has 0 aliphatic rings. The highest BCUT2D eigenvalue weighted by atomic mass is 35.5. The van der Waals surface area contributed by atoms with Crippen molar-refractivity contribution >= 4 is 22.9 Å². The van der Waals surface area contributed by atoms with Crippen molar-refractivity contribution < 1.29 is 9.84 Å². The number of thiazole rings is 1. The summed E-state index contributed by atoms with van der Waals surface area (Å²) in [4.78, 5) is 4.34. The van der Waals surface area contributed by atoms with Gasteiger partial charge in [0.2, 0.25) is 0 Å². The molecule has 0 aliphatic carbocycles. The summed E-state index contributed by atoms with van der Waals surface area (Å²) in [5, 5.41) is 13.7. The predicted octanol–water partition coefficient (Wildman–Crippen LogP) is 3.39. The first-order valence-electron chi connectivity index (χ1n) is 5.53. The molecule has 0 radical (unpaired) electrons. The van der Waals surface area contributed by atoms with Gasteiger partial charge in [0.15, 0.2) is 0 Å². The van der Waals surface area contributed by atoms with Crippen molar-refractivity contribution in [3.05, 3.63) is 44.9 Å². The molecular formula is C13H14ClNO2S. The van der Waals surface area contributed by atoms with E-state index in [1.54, 1.807) is 36.6 Å². The number of aliphatic hydroxyl groups excluding tert-OH is 1. The number of methoxy groups -OCH3 is 1. The van der Waals surface area contributed by atoms with Crippen LogP contribution in [0, 0.1) is 6.92 Å². The number of halogens is 1. The maximum atomic E-state index is 10.3. The van der Waals surface area contributed by atoms with Crippen LogP contribution in [0.15, 0.2) is 23.6 Å². The molecule has 2 aromatic rings. The smallest absolute Gasteiger partial charge is 0.126 e. The van der Waals surface area contributed by atoms with Crippen LogP contribution in [0.25, 0.3) is 0 Å². The summed E-state index contributed by atoms with van der Waals surface area (Å²) in [6.07, 6.45) is -0.278. The maximum absolute atomic E-state index is 10.3. The summed E-state index contributed by atoms with van der Waals surface area (Å²) in [7, 11) is 1.56. The number of benzene rings is 1. The van der Waals surface area contributed by atoms with Crippen LogP contribution in [0.1, 0.15) is 22.4 Å². The quantitative estimate of drug-likeness (QED) is 0.935. The molecule has 18 heavy (non-hydrogen) atoms. The maximum Gasteiger partial charge on any atom is 0.126 e. The first kappa shape index (κ1) is 13.3. The van der Waals surface area contributed by atoms with Gasteiger partial charge >= 0.3 is 0 Å². The lowest BCUT2D eigenvalue weighted by Gasteiger charge is -2.15. The Morgan fingerprint density at radius 3 is 2.89 bits per heavy atom. The summed E-state index contributed by atoms with van der Waals surface area (Å²) in [5.41, 5.74) is 1.49. The Kier molecular flexibility index (Phi) is 4.22. The predicted molar refractivity (Wildman–Crippen MR) is 73.5 cm³/mol. The van der Waals surface area contributed by atoms with Gasteiger partial charge in [0.1, 0.15) is 5.75 Å². The van der Waals surface area contributed by atoms with Crippen molar-refractivity contribution in [1.29, 1.82) is 0 Å². The van der Waals surface area contributed by atoms with E-state index in [-0.39, 0.29) is 0 Å². The minimum absolute atomic E-state index is 0.435. The molecule has 0 saturated heterocycles. The molecule has 1 atom stereocenters. The molecule has 0 aliphatic heterocycles. The summed E-state index contributed by atoms with van der Waals surface area (Å²) >= 11 is 7.69. The lowest BCUT2D eigenvalue weighted by atomic mass is 10.0. The van der Waals surface area contributed by atoms with Gasteiger partial charge in [0, 0.05) is 17.4 Å². The van der Waals surface area contributed by atoms with Crippen molar-refractivity contribution in [2.75, 3.05) is 7.11 Å². The Bertz CT molecular complexity index is 542. The molecular weight excluding hydrogens is 270 g/mol. The zero-order chi connectivity index (χ0) is 13.1. The molecule has 0 bridgehead atoms. The molecule has 0 amide bonds.